The molecule has 200 valence electrons. The maximum Gasteiger partial charge on any atom is 0.253 e. The van der Waals surface area contributed by atoms with Crippen LogP contribution in [0.4, 0.5) is 17.1 Å². The molecule has 2 fully saturated rings. The molecular formula is C30H42N4O3. The van der Waals surface area contributed by atoms with Crippen molar-refractivity contribution in [3.8, 4) is 5.75 Å². The molecule has 1 saturated heterocycles. The van der Waals surface area contributed by atoms with Crippen LogP contribution in [0.25, 0.3) is 0 Å². The highest BCUT2D eigenvalue weighted by atomic mass is 16.5. The van der Waals surface area contributed by atoms with Gasteiger partial charge in [0.1, 0.15) is 5.75 Å². The standard InChI is InChI=1S/C30H42N4O3/c1-30(2,3)21-28(35)31-23-14-15-25(24(20-23)29(36)32-22-10-6-5-7-11-22)33-16-18-34(19-17-33)26-12-8-9-13-27(26)37-4/h8-9,12-15,20,22H,5-7,10-11,16-19,21H2,1-4H3,(H,31,35)(H,32,36). The smallest absolute Gasteiger partial charge is 0.253 e. The maximum absolute atomic E-state index is 13.5. The maximum atomic E-state index is 13.5. The molecule has 7 heteroatoms. The summed E-state index contributed by atoms with van der Waals surface area (Å²) in [6.45, 7) is 9.37. The molecule has 4 rings (SSSR count). The largest absolute Gasteiger partial charge is 0.495 e. The van der Waals surface area contributed by atoms with Crippen molar-refractivity contribution in [1.82, 2.24) is 5.32 Å². The lowest BCUT2D eigenvalue weighted by atomic mass is 9.92. The lowest BCUT2D eigenvalue weighted by Crippen LogP contribution is -2.47. The third-order valence-corrected chi connectivity index (χ3v) is 7.20. The van der Waals surface area contributed by atoms with E-state index in [1.54, 1.807) is 7.11 Å². The van der Waals surface area contributed by atoms with Crippen LogP contribution in [-0.2, 0) is 4.79 Å². The van der Waals surface area contributed by atoms with Gasteiger partial charge in [0.15, 0.2) is 0 Å². The van der Waals surface area contributed by atoms with Gasteiger partial charge in [-0.15, -0.1) is 0 Å². The van der Waals surface area contributed by atoms with E-state index in [9.17, 15) is 9.59 Å². The van der Waals surface area contributed by atoms with Gasteiger partial charge in [0.2, 0.25) is 5.91 Å². The summed E-state index contributed by atoms with van der Waals surface area (Å²) in [5.74, 6) is 0.782. The fourth-order valence-corrected chi connectivity index (χ4v) is 5.35. The minimum atomic E-state index is -0.105. The van der Waals surface area contributed by atoms with E-state index in [4.69, 9.17) is 4.74 Å². The van der Waals surface area contributed by atoms with E-state index in [2.05, 4.69) is 26.5 Å². The van der Waals surface area contributed by atoms with Gasteiger partial charge in [-0.1, -0.05) is 52.2 Å². The molecule has 2 amide bonds. The van der Waals surface area contributed by atoms with Crippen molar-refractivity contribution in [3.63, 3.8) is 0 Å². The van der Waals surface area contributed by atoms with E-state index in [0.29, 0.717) is 17.7 Å². The summed E-state index contributed by atoms with van der Waals surface area (Å²) < 4.78 is 5.57. The van der Waals surface area contributed by atoms with Crippen LogP contribution in [0, 0.1) is 5.41 Å². The highest BCUT2D eigenvalue weighted by molar-refractivity contribution is 6.02. The van der Waals surface area contributed by atoms with Gasteiger partial charge in [-0.2, -0.15) is 0 Å². The first kappa shape index (κ1) is 26.8. The van der Waals surface area contributed by atoms with Gasteiger partial charge in [0.25, 0.3) is 5.91 Å². The van der Waals surface area contributed by atoms with Crippen LogP contribution in [0.15, 0.2) is 42.5 Å². The Hall–Kier alpha value is -3.22. The number of ether oxygens (including phenoxy) is 1. The number of benzene rings is 2. The summed E-state index contributed by atoms with van der Waals surface area (Å²) in [5, 5.41) is 6.29. The van der Waals surface area contributed by atoms with Gasteiger partial charge in [-0.3, -0.25) is 9.59 Å². The van der Waals surface area contributed by atoms with Gasteiger partial charge in [-0.25, -0.2) is 0 Å². The Morgan fingerprint density at radius 2 is 1.57 bits per heavy atom. The Kier molecular flexibility index (Phi) is 8.62. The number of carbonyl (C=O) groups excluding carboxylic acids is 2. The lowest BCUT2D eigenvalue weighted by molar-refractivity contribution is -0.117. The second-order valence-corrected chi connectivity index (χ2v) is 11.5. The Morgan fingerprint density at radius 1 is 0.919 bits per heavy atom. The van der Waals surface area contributed by atoms with Crippen LogP contribution >= 0.6 is 0 Å². The van der Waals surface area contributed by atoms with Crippen molar-refractivity contribution < 1.29 is 14.3 Å². The number of hydrogen-bond donors (Lipinski definition) is 2. The first-order chi connectivity index (χ1) is 17.7. The molecule has 0 atom stereocenters. The number of hydrogen-bond acceptors (Lipinski definition) is 5. The molecule has 2 aromatic carbocycles. The number of para-hydroxylation sites is 2. The number of amides is 2. The molecule has 1 heterocycles. The highest BCUT2D eigenvalue weighted by Gasteiger charge is 2.25. The summed E-state index contributed by atoms with van der Waals surface area (Å²) in [4.78, 5) is 30.7. The van der Waals surface area contributed by atoms with E-state index >= 15 is 0 Å². The van der Waals surface area contributed by atoms with Gasteiger partial charge in [0, 0.05) is 50.0 Å². The fraction of sp³-hybridized carbons (Fsp3) is 0.533. The Balaban J connectivity index is 1.53. The monoisotopic (exact) mass is 506 g/mol. The number of nitrogens with zero attached hydrogens (tertiary/aromatic N) is 2. The number of anilines is 3. The minimum Gasteiger partial charge on any atom is -0.495 e. The molecule has 1 saturated carbocycles. The summed E-state index contributed by atoms with van der Waals surface area (Å²) in [7, 11) is 1.70. The van der Waals surface area contributed by atoms with E-state index in [-0.39, 0.29) is 23.3 Å². The lowest BCUT2D eigenvalue weighted by Gasteiger charge is -2.38. The molecule has 2 N–H and O–H groups in total. The number of nitrogens with one attached hydrogen (secondary N) is 2. The number of piperazine rings is 1. The van der Waals surface area contributed by atoms with Gasteiger partial charge >= 0.3 is 0 Å². The Bertz CT molecular complexity index is 1080. The second-order valence-electron chi connectivity index (χ2n) is 11.5. The molecule has 0 bridgehead atoms. The molecule has 0 aromatic heterocycles. The van der Waals surface area contributed by atoms with Crippen LogP contribution in [-0.4, -0.2) is 51.1 Å². The number of methoxy groups -OCH3 is 1. The number of carbonyl (C=O) groups is 2. The predicted molar refractivity (Wildman–Crippen MR) is 151 cm³/mol. The molecular weight excluding hydrogens is 464 g/mol. The fourth-order valence-electron chi connectivity index (χ4n) is 5.35. The Labute approximate surface area is 221 Å². The predicted octanol–water partition coefficient (Wildman–Crippen LogP) is 5.46. The average Bonchev–Trinajstić information content (AvgIpc) is 2.88. The summed E-state index contributed by atoms with van der Waals surface area (Å²) in [6, 6.07) is 14.1. The molecule has 7 nitrogen and oxygen atoms in total. The molecule has 0 radical (unpaired) electrons. The molecule has 37 heavy (non-hydrogen) atoms. The Morgan fingerprint density at radius 3 is 2.22 bits per heavy atom. The zero-order valence-corrected chi connectivity index (χ0v) is 22.8. The summed E-state index contributed by atoms with van der Waals surface area (Å²) in [6.07, 6.45) is 6.03. The van der Waals surface area contributed by atoms with Gasteiger partial charge in [0.05, 0.1) is 18.4 Å². The van der Waals surface area contributed by atoms with E-state index < -0.39 is 0 Å². The van der Waals surface area contributed by atoms with Crippen molar-refractivity contribution in [3.05, 3.63) is 48.0 Å². The van der Waals surface area contributed by atoms with Crippen molar-refractivity contribution in [2.45, 2.75) is 65.3 Å². The van der Waals surface area contributed by atoms with Crippen LogP contribution in [0.1, 0.15) is 69.7 Å². The normalized spacial score (nSPS) is 16.9. The third kappa shape index (κ3) is 7.18. The highest BCUT2D eigenvalue weighted by Crippen LogP contribution is 2.31. The molecule has 2 aliphatic rings. The van der Waals surface area contributed by atoms with Crippen LogP contribution in [0.5, 0.6) is 5.75 Å². The topological polar surface area (TPSA) is 73.9 Å². The number of rotatable bonds is 7. The molecule has 0 unspecified atom stereocenters. The van der Waals surface area contributed by atoms with Crippen LogP contribution in [0.2, 0.25) is 0 Å². The first-order valence-electron chi connectivity index (χ1n) is 13.6. The molecule has 0 spiro atoms. The molecule has 2 aromatic rings. The zero-order valence-electron chi connectivity index (χ0n) is 22.8. The van der Waals surface area contributed by atoms with Crippen molar-refractivity contribution in [2.75, 3.05) is 48.4 Å². The summed E-state index contributed by atoms with van der Waals surface area (Å²) >= 11 is 0. The van der Waals surface area contributed by atoms with E-state index in [1.807, 2.05) is 57.2 Å². The SMILES string of the molecule is COc1ccccc1N1CCN(c2ccc(NC(=O)CC(C)(C)C)cc2C(=O)NC2CCCCC2)CC1. The van der Waals surface area contributed by atoms with Crippen molar-refractivity contribution in [2.24, 2.45) is 5.41 Å². The van der Waals surface area contributed by atoms with Crippen molar-refractivity contribution in [1.29, 1.82) is 0 Å². The van der Waals surface area contributed by atoms with Gasteiger partial charge < -0.3 is 25.2 Å². The van der Waals surface area contributed by atoms with E-state index in [1.165, 1.54) is 6.42 Å². The third-order valence-electron chi connectivity index (χ3n) is 7.20. The zero-order chi connectivity index (χ0) is 26.4. The molecule has 1 aliphatic heterocycles. The van der Waals surface area contributed by atoms with Gasteiger partial charge in [-0.05, 0) is 48.6 Å². The first-order valence-corrected chi connectivity index (χ1v) is 13.6. The van der Waals surface area contributed by atoms with Crippen LogP contribution < -0.4 is 25.2 Å². The second kappa shape index (κ2) is 11.9. The summed E-state index contributed by atoms with van der Waals surface area (Å²) in [5.41, 5.74) is 3.20. The van der Waals surface area contributed by atoms with Crippen LogP contribution in [0.3, 0.4) is 0 Å². The van der Waals surface area contributed by atoms with E-state index in [0.717, 1.165) is 69.0 Å². The van der Waals surface area contributed by atoms with Crippen molar-refractivity contribution >= 4 is 28.9 Å². The molecule has 1 aliphatic carbocycles. The quantitative estimate of drug-likeness (QED) is 0.522. The average molecular weight is 507 g/mol. The minimum absolute atomic E-state index is 0.0377.